The number of carbonyl (C=O) groups is 1. The molecule has 0 radical (unpaired) electrons. The number of para-hydroxylation sites is 1. The van der Waals surface area contributed by atoms with Crippen molar-refractivity contribution in [3.05, 3.63) is 64.7 Å². The SMILES string of the molecule is C/C(=N\NC(=O)Nc1ccccc1Cl)c1ccc(C)cc1. The first kappa shape index (κ1) is 15.1. The summed E-state index contributed by atoms with van der Waals surface area (Å²) in [6, 6.07) is 14.5. The molecule has 2 aromatic rings. The lowest BCUT2D eigenvalue weighted by Gasteiger charge is -2.07. The number of hydrazone groups is 1. The molecule has 0 saturated carbocycles. The molecule has 2 aromatic carbocycles. The Morgan fingerprint density at radius 3 is 2.43 bits per heavy atom. The summed E-state index contributed by atoms with van der Waals surface area (Å²) < 4.78 is 0. The largest absolute Gasteiger partial charge is 0.339 e. The normalized spacial score (nSPS) is 11.1. The molecular weight excluding hydrogens is 286 g/mol. The van der Waals surface area contributed by atoms with Crippen LogP contribution in [0.25, 0.3) is 0 Å². The maximum absolute atomic E-state index is 11.8. The lowest BCUT2D eigenvalue weighted by atomic mass is 10.1. The first-order valence-corrected chi connectivity index (χ1v) is 6.87. The highest BCUT2D eigenvalue weighted by Gasteiger charge is 2.04. The first-order valence-electron chi connectivity index (χ1n) is 6.49. The highest BCUT2D eigenvalue weighted by Crippen LogP contribution is 2.19. The number of hydrogen-bond acceptors (Lipinski definition) is 2. The van der Waals surface area contributed by atoms with Crippen molar-refractivity contribution < 1.29 is 4.79 Å². The van der Waals surface area contributed by atoms with Crippen molar-refractivity contribution in [3.8, 4) is 0 Å². The van der Waals surface area contributed by atoms with E-state index in [2.05, 4.69) is 15.8 Å². The minimum atomic E-state index is -0.436. The highest BCUT2D eigenvalue weighted by atomic mass is 35.5. The van der Waals surface area contributed by atoms with Crippen molar-refractivity contribution in [1.82, 2.24) is 5.43 Å². The zero-order valence-electron chi connectivity index (χ0n) is 11.9. The predicted molar refractivity (Wildman–Crippen MR) is 87.0 cm³/mol. The molecule has 2 amide bonds. The van der Waals surface area contributed by atoms with E-state index >= 15 is 0 Å². The van der Waals surface area contributed by atoms with Crippen LogP contribution in [0, 0.1) is 6.92 Å². The lowest BCUT2D eigenvalue weighted by Crippen LogP contribution is -2.25. The van der Waals surface area contributed by atoms with Gasteiger partial charge in [-0.15, -0.1) is 0 Å². The highest BCUT2D eigenvalue weighted by molar-refractivity contribution is 6.33. The summed E-state index contributed by atoms with van der Waals surface area (Å²) in [5.74, 6) is 0. The van der Waals surface area contributed by atoms with Crippen LogP contribution in [0.4, 0.5) is 10.5 Å². The molecule has 0 unspecified atom stereocenters. The molecule has 0 atom stereocenters. The van der Waals surface area contributed by atoms with Crippen LogP contribution in [0.2, 0.25) is 5.02 Å². The van der Waals surface area contributed by atoms with Crippen LogP contribution in [0.15, 0.2) is 53.6 Å². The Bertz CT molecular complexity index is 665. The number of urea groups is 1. The van der Waals surface area contributed by atoms with Crippen LogP contribution in [-0.4, -0.2) is 11.7 Å². The number of amides is 2. The summed E-state index contributed by atoms with van der Waals surface area (Å²) in [4.78, 5) is 11.8. The van der Waals surface area contributed by atoms with E-state index in [1.165, 1.54) is 5.56 Å². The number of nitrogens with one attached hydrogen (secondary N) is 2. The molecule has 0 saturated heterocycles. The van der Waals surface area contributed by atoms with Crippen molar-refractivity contribution in [1.29, 1.82) is 0 Å². The van der Waals surface area contributed by atoms with E-state index in [0.717, 1.165) is 11.3 Å². The standard InChI is InChI=1S/C16H16ClN3O/c1-11-7-9-13(10-8-11)12(2)19-20-16(21)18-15-6-4-3-5-14(15)17/h3-10H,1-2H3,(H2,18,20,21)/b19-12+. The van der Waals surface area contributed by atoms with Crippen molar-refractivity contribution in [2.75, 3.05) is 5.32 Å². The van der Waals surface area contributed by atoms with Gasteiger partial charge in [0.05, 0.1) is 16.4 Å². The summed E-state index contributed by atoms with van der Waals surface area (Å²) >= 11 is 5.96. The quantitative estimate of drug-likeness (QED) is 0.648. The minimum absolute atomic E-state index is 0.436. The molecular formula is C16H16ClN3O. The molecule has 5 heteroatoms. The third-order valence-corrected chi connectivity index (χ3v) is 3.25. The molecule has 108 valence electrons. The van der Waals surface area contributed by atoms with Gasteiger partial charge < -0.3 is 5.32 Å². The zero-order valence-corrected chi connectivity index (χ0v) is 12.6. The summed E-state index contributed by atoms with van der Waals surface area (Å²) in [6.45, 7) is 3.85. The van der Waals surface area contributed by atoms with Crippen molar-refractivity contribution >= 4 is 29.0 Å². The van der Waals surface area contributed by atoms with Gasteiger partial charge >= 0.3 is 6.03 Å². The van der Waals surface area contributed by atoms with Crippen molar-refractivity contribution in [2.24, 2.45) is 5.10 Å². The second kappa shape index (κ2) is 6.90. The number of rotatable bonds is 3. The van der Waals surface area contributed by atoms with Gasteiger partial charge in [0.15, 0.2) is 0 Å². The Balaban J connectivity index is 1.98. The van der Waals surface area contributed by atoms with Gasteiger partial charge in [-0.25, -0.2) is 10.2 Å². The van der Waals surface area contributed by atoms with E-state index in [1.807, 2.05) is 38.1 Å². The van der Waals surface area contributed by atoms with Crippen molar-refractivity contribution in [3.63, 3.8) is 0 Å². The van der Waals surface area contributed by atoms with E-state index in [9.17, 15) is 4.79 Å². The van der Waals surface area contributed by atoms with Crippen LogP contribution in [-0.2, 0) is 0 Å². The molecule has 0 spiro atoms. The van der Waals surface area contributed by atoms with Crippen LogP contribution in [0.5, 0.6) is 0 Å². The van der Waals surface area contributed by atoms with Gasteiger partial charge in [-0.2, -0.15) is 5.10 Å². The molecule has 2 N–H and O–H groups in total. The maximum atomic E-state index is 11.8. The minimum Gasteiger partial charge on any atom is -0.305 e. The van der Waals surface area contributed by atoms with E-state index in [-0.39, 0.29) is 0 Å². The molecule has 0 heterocycles. The van der Waals surface area contributed by atoms with Crippen molar-refractivity contribution in [2.45, 2.75) is 13.8 Å². The van der Waals surface area contributed by atoms with Gasteiger partial charge in [0, 0.05) is 0 Å². The van der Waals surface area contributed by atoms with Crippen LogP contribution in [0.1, 0.15) is 18.1 Å². The number of benzene rings is 2. The van der Waals surface area contributed by atoms with Gasteiger partial charge in [-0.05, 0) is 31.5 Å². The Morgan fingerprint density at radius 1 is 1.10 bits per heavy atom. The van der Waals surface area contributed by atoms with E-state index in [0.29, 0.717) is 10.7 Å². The van der Waals surface area contributed by atoms with Crippen LogP contribution >= 0.6 is 11.6 Å². The molecule has 0 bridgehead atoms. The molecule has 0 aliphatic carbocycles. The zero-order chi connectivity index (χ0) is 15.2. The summed E-state index contributed by atoms with van der Waals surface area (Å²) in [5, 5.41) is 7.18. The smallest absolute Gasteiger partial charge is 0.305 e. The predicted octanol–water partition coefficient (Wildman–Crippen LogP) is 4.19. The average molecular weight is 302 g/mol. The second-order valence-electron chi connectivity index (χ2n) is 4.61. The van der Waals surface area contributed by atoms with E-state index < -0.39 is 6.03 Å². The van der Waals surface area contributed by atoms with Gasteiger partial charge in [-0.1, -0.05) is 53.6 Å². The number of aryl methyl sites for hydroxylation is 1. The fourth-order valence-electron chi connectivity index (χ4n) is 1.71. The summed E-state index contributed by atoms with van der Waals surface area (Å²) in [5.41, 5.74) is 5.85. The van der Waals surface area contributed by atoms with Gasteiger partial charge in [0.1, 0.15) is 0 Å². The number of anilines is 1. The Labute approximate surface area is 128 Å². The van der Waals surface area contributed by atoms with Gasteiger partial charge in [-0.3, -0.25) is 0 Å². The molecule has 0 fully saturated rings. The number of nitrogens with zero attached hydrogens (tertiary/aromatic N) is 1. The number of hydrogen-bond donors (Lipinski definition) is 2. The number of halogens is 1. The van der Waals surface area contributed by atoms with E-state index in [4.69, 9.17) is 11.6 Å². The lowest BCUT2D eigenvalue weighted by molar-refractivity contribution is 0.252. The molecule has 0 aromatic heterocycles. The Morgan fingerprint density at radius 2 is 1.76 bits per heavy atom. The Kier molecular flexibility index (Phi) is 4.95. The summed E-state index contributed by atoms with van der Waals surface area (Å²) in [7, 11) is 0. The van der Waals surface area contributed by atoms with Crippen LogP contribution < -0.4 is 10.7 Å². The monoisotopic (exact) mass is 301 g/mol. The average Bonchev–Trinajstić information content (AvgIpc) is 2.48. The molecule has 21 heavy (non-hydrogen) atoms. The first-order chi connectivity index (χ1) is 10.1. The second-order valence-corrected chi connectivity index (χ2v) is 5.02. The van der Waals surface area contributed by atoms with Gasteiger partial charge in [0.2, 0.25) is 0 Å². The maximum Gasteiger partial charge on any atom is 0.339 e. The molecule has 0 aliphatic heterocycles. The fraction of sp³-hybridized carbons (Fsp3) is 0.125. The number of carbonyl (C=O) groups excluding carboxylic acids is 1. The van der Waals surface area contributed by atoms with Crippen LogP contribution in [0.3, 0.4) is 0 Å². The fourth-order valence-corrected chi connectivity index (χ4v) is 1.89. The summed E-state index contributed by atoms with van der Waals surface area (Å²) in [6.07, 6.45) is 0. The molecule has 4 nitrogen and oxygen atoms in total. The molecule has 2 rings (SSSR count). The topological polar surface area (TPSA) is 53.5 Å². The third-order valence-electron chi connectivity index (χ3n) is 2.92. The Hall–Kier alpha value is -2.33. The van der Waals surface area contributed by atoms with Gasteiger partial charge in [0.25, 0.3) is 0 Å². The molecule has 0 aliphatic rings. The van der Waals surface area contributed by atoms with E-state index in [1.54, 1.807) is 24.3 Å². The third kappa shape index (κ3) is 4.33.